The molecule has 0 atom stereocenters. The van der Waals surface area contributed by atoms with Gasteiger partial charge in [-0.1, -0.05) is 11.6 Å². The van der Waals surface area contributed by atoms with Crippen molar-refractivity contribution in [3.8, 4) is 0 Å². The van der Waals surface area contributed by atoms with Crippen LogP contribution >= 0.6 is 27.5 Å². The molecule has 6 nitrogen and oxygen atoms in total. The molecular weight excluding hydrogens is 336 g/mol. The van der Waals surface area contributed by atoms with Crippen molar-refractivity contribution in [2.45, 2.75) is 6.54 Å². The molecule has 0 aliphatic carbocycles. The maximum Gasteiger partial charge on any atom is 0.328 e. The first-order chi connectivity index (χ1) is 9.01. The highest BCUT2D eigenvalue weighted by molar-refractivity contribution is 9.10. The molecule has 8 heteroatoms. The maximum absolute atomic E-state index is 11.7. The van der Waals surface area contributed by atoms with E-state index in [9.17, 15) is 9.59 Å². The van der Waals surface area contributed by atoms with Gasteiger partial charge in [-0.05, 0) is 28.1 Å². The number of aromatic nitrogens is 3. The molecule has 0 fully saturated rings. The maximum atomic E-state index is 11.7. The molecule has 0 saturated carbocycles. The number of hydrogen-bond acceptors (Lipinski definition) is 4. The van der Waals surface area contributed by atoms with Crippen molar-refractivity contribution >= 4 is 33.3 Å². The zero-order valence-corrected chi connectivity index (χ0v) is 12.2. The average Bonchev–Trinajstić information content (AvgIpc) is 2.38. The van der Waals surface area contributed by atoms with Gasteiger partial charge in [0, 0.05) is 13.2 Å². The molecule has 19 heavy (non-hydrogen) atoms. The number of anilines is 1. The van der Waals surface area contributed by atoms with E-state index in [1.54, 1.807) is 19.2 Å². The topological polar surface area (TPSA) is 79.8 Å². The molecule has 0 radical (unpaired) electrons. The number of rotatable bonds is 3. The molecule has 2 aromatic heterocycles. The summed E-state index contributed by atoms with van der Waals surface area (Å²) in [5.74, 6) is 0.649. The van der Waals surface area contributed by atoms with Gasteiger partial charge in [-0.15, -0.1) is 0 Å². The fourth-order valence-electron chi connectivity index (χ4n) is 1.50. The molecule has 2 N–H and O–H groups in total. The van der Waals surface area contributed by atoms with E-state index in [2.05, 4.69) is 31.2 Å². The van der Waals surface area contributed by atoms with Crippen LogP contribution < -0.4 is 16.6 Å². The SMILES string of the molecule is CNc1ccc(Cl)c(Cn2cc(Br)c(=O)[nH]c2=O)n1. The van der Waals surface area contributed by atoms with Gasteiger partial charge in [-0.3, -0.25) is 14.3 Å². The Morgan fingerprint density at radius 2 is 2.21 bits per heavy atom. The van der Waals surface area contributed by atoms with Crippen LogP contribution in [0.5, 0.6) is 0 Å². The summed E-state index contributed by atoms with van der Waals surface area (Å²) >= 11 is 9.11. The number of nitrogens with zero attached hydrogens (tertiary/aromatic N) is 2. The molecule has 0 amide bonds. The molecule has 0 aromatic carbocycles. The van der Waals surface area contributed by atoms with E-state index in [-0.39, 0.29) is 11.0 Å². The lowest BCUT2D eigenvalue weighted by molar-refractivity contribution is 0.702. The zero-order valence-electron chi connectivity index (χ0n) is 9.91. The lowest BCUT2D eigenvalue weighted by Gasteiger charge is -2.08. The van der Waals surface area contributed by atoms with Crippen LogP contribution in [0.4, 0.5) is 5.82 Å². The first kappa shape index (κ1) is 13.8. The summed E-state index contributed by atoms with van der Waals surface area (Å²) in [6, 6.07) is 3.43. The van der Waals surface area contributed by atoms with Crippen molar-refractivity contribution < 1.29 is 0 Å². The van der Waals surface area contributed by atoms with Crippen LogP contribution in [0, 0.1) is 0 Å². The standard InChI is InChI=1S/C11H10BrClN4O2/c1-14-9-3-2-7(13)8(15-9)5-17-4-6(12)10(18)16-11(17)19/h2-4H,5H2,1H3,(H,14,15)(H,16,18,19). The first-order valence-corrected chi connectivity index (χ1v) is 6.51. The molecule has 0 bridgehead atoms. The van der Waals surface area contributed by atoms with E-state index in [1.807, 2.05) is 0 Å². The van der Waals surface area contributed by atoms with Gasteiger partial charge in [-0.2, -0.15) is 0 Å². The number of nitrogens with one attached hydrogen (secondary N) is 2. The summed E-state index contributed by atoms with van der Waals surface area (Å²) in [5.41, 5.74) is -0.445. The van der Waals surface area contributed by atoms with Gasteiger partial charge in [0.1, 0.15) is 5.82 Å². The Morgan fingerprint density at radius 3 is 2.89 bits per heavy atom. The molecule has 2 aromatic rings. The van der Waals surface area contributed by atoms with Crippen molar-refractivity contribution in [3.63, 3.8) is 0 Å². The average molecular weight is 346 g/mol. The summed E-state index contributed by atoms with van der Waals surface area (Å²) in [6.45, 7) is 0.169. The van der Waals surface area contributed by atoms with E-state index >= 15 is 0 Å². The third-order valence-corrected chi connectivity index (χ3v) is 3.37. The molecular formula is C11H10BrClN4O2. The van der Waals surface area contributed by atoms with Gasteiger partial charge in [0.2, 0.25) is 0 Å². The van der Waals surface area contributed by atoms with Crippen molar-refractivity contribution in [1.29, 1.82) is 0 Å². The van der Waals surface area contributed by atoms with Crippen LogP contribution in [0.3, 0.4) is 0 Å². The summed E-state index contributed by atoms with van der Waals surface area (Å²) in [5, 5.41) is 3.34. The Kier molecular flexibility index (Phi) is 4.06. The number of H-pyrrole nitrogens is 1. The smallest absolute Gasteiger partial charge is 0.328 e. The summed E-state index contributed by atoms with van der Waals surface area (Å²) in [6.07, 6.45) is 1.41. The molecule has 2 heterocycles. The lowest BCUT2D eigenvalue weighted by atomic mass is 10.3. The number of halogens is 2. The van der Waals surface area contributed by atoms with Crippen molar-refractivity contribution in [2.24, 2.45) is 0 Å². The second-order valence-corrected chi connectivity index (χ2v) is 5.00. The predicted octanol–water partition coefficient (Wildman–Crippen LogP) is 1.44. The molecule has 2 rings (SSSR count). The van der Waals surface area contributed by atoms with Crippen LogP contribution in [0.25, 0.3) is 0 Å². The van der Waals surface area contributed by atoms with E-state index in [0.717, 1.165) is 0 Å². The number of aromatic amines is 1. The predicted molar refractivity (Wildman–Crippen MR) is 76.9 cm³/mol. The minimum absolute atomic E-state index is 0.169. The molecule has 0 aliphatic rings. The summed E-state index contributed by atoms with van der Waals surface area (Å²) < 4.78 is 1.59. The summed E-state index contributed by atoms with van der Waals surface area (Å²) in [4.78, 5) is 29.4. The Bertz CT molecular complexity index is 725. The van der Waals surface area contributed by atoms with Gasteiger partial charge in [0.05, 0.1) is 21.7 Å². The Hall–Kier alpha value is -1.60. The van der Waals surface area contributed by atoms with E-state index in [4.69, 9.17) is 11.6 Å². The van der Waals surface area contributed by atoms with Crippen LogP contribution in [-0.4, -0.2) is 21.6 Å². The van der Waals surface area contributed by atoms with Crippen LogP contribution in [-0.2, 0) is 6.54 Å². The lowest BCUT2D eigenvalue weighted by Crippen LogP contribution is -2.30. The van der Waals surface area contributed by atoms with Gasteiger partial charge in [0.15, 0.2) is 0 Å². The third-order valence-electron chi connectivity index (χ3n) is 2.46. The fourth-order valence-corrected chi connectivity index (χ4v) is 2.01. The molecule has 0 saturated heterocycles. The number of hydrogen-bond donors (Lipinski definition) is 2. The van der Waals surface area contributed by atoms with E-state index in [0.29, 0.717) is 16.5 Å². The number of pyridine rings is 1. The third kappa shape index (κ3) is 3.05. The van der Waals surface area contributed by atoms with Gasteiger partial charge in [-0.25, -0.2) is 9.78 Å². The Balaban J connectivity index is 2.44. The van der Waals surface area contributed by atoms with Gasteiger partial charge < -0.3 is 5.32 Å². The second kappa shape index (κ2) is 5.58. The molecule has 0 unspecified atom stereocenters. The Morgan fingerprint density at radius 1 is 1.47 bits per heavy atom. The van der Waals surface area contributed by atoms with Crippen molar-refractivity contribution in [2.75, 3.05) is 12.4 Å². The van der Waals surface area contributed by atoms with Crippen LogP contribution in [0.15, 0.2) is 32.4 Å². The molecule has 0 aliphatic heterocycles. The van der Waals surface area contributed by atoms with Gasteiger partial charge >= 0.3 is 5.69 Å². The summed E-state index contributed by atoms with van der Waals surface area (Å²) in [7, 11) is 1.74. The first-order valence-electron chi connectivity index (χ1n) is 5.33. The highest BCUT2D eigenvalue weighted by Gasteiger charge is 2.08. The normalized spacial score (nSPS) is 10.5. The van der Waals surface area contributed by atoms with Gasteiger partial charge in [0.25, 0.3) is 5.56 Å². The van der Waals surface area contributed by atoms with Crippen LogP contribution in [0.2, 0.25) is 5.02 Å². The monoisotopic (exact) mass is 344 g/mol. The van der Waals surface area contributed by atoms with Crippen LogP contribution in [0.1, 0.15) is 5.69 Å². The van der Waals surface area contributed by atoms with Crippen molar-refractivity contribution in [3.05, 3.63) is 54.4 Å². The fraction of sp³-hybridized carbons (Fsp3) is 0.182. The largest absolute Gasteiger partial charge is 0.373 e. The minimum Gasteiger partial charge on any atom is -0.373 e. The molecule has 100 valence electrons. The highest BCUT2D eigenvalue weighted by atomic mass is 79.9. The highest BCUT2D eigenvalue weighted by Crippen LogP contribution is 2.17. The zero-order chi connectivity index (χ0) is 14.0. The van der Waals surface area contributed by atoms with Crippen molar-refractivity contribution in [1.82, 2.24) is 14.5 Å². The molecule has 0 spiro atoms. The second-order valence-electron chi connectivity index (χ2n) is 3.74. The quantitative estimate of drug-likeness (QED) is 0.882. The Labute approximate surface area is 121 Å². The minimum atomic E-state index is -0.513. The van der Waals surface area contributed by atoms with E-state index < -0.39 is 11.2 Å². The van der Waals surface area contributed by atoms with E-state index in [1.165, 1.54) is 10.8 Å².